The molecule has 36 heavy (non-hydrogen) atoms. The van der Waals surface area contributed by atoms with Crippen molar-refractivity contribution in [2.24, 2.45) is 17.8 Å². The maximum atomic E-state index is 12.6. The molecule has 5 rings (SSSR count). The fourth-order valence-electron chi connectivity index (χ4n) is 6.75. The van der Waals surface area contributed by atoms with Crippen molar-refractivity contribution in [3.05, 3.63) is 23.5 Å². The van der Waals surface area contributed by atoms with Crippen LogP contribution in [0.3, 0.4) is 0 Å². The Morgan fingerprint density at radius 1 is 1.17 bits per heavy atom. The lowest BCUT2D eigenvalue weighted by Gasteiger charge is -2.34. The number of fused-ring (bicyclic) bond motifs is 3. The van der Waals surface area contributed by atoms with Crippen LogP contribution in [0.25, 0.3) is 11.0 Å². The Morgan fingerprint density at radius 3 is 2.64 bits per heavy atom. The van der Waals surface area contributed by atoms with Gasteiger partial charge in [-0.25, -0.2) is 9.78 Å². The molecule has 1 amide bonds. The van der Waals surface area contributed by atoms with Gasteiger partial charge in [0.15, 0.2) is 0 Å². The molecule has 3 aliphatic rings. The lowest BCUT2D eigenvalue weighted by molar-refractivity contribution is -0.143. The second-order valence-corrected chi connectivity index (χ2v) is 11.0. The number of aliphatic carboxylic acids is 1. The number of ether oxygens (including phenoxy) is 1. The molecule has 2 fully saturated rings. The van der Waals surface area contributed by atoms with Gasteiger partial charge < -0.3 is 14.4 Å². The lowest BCUT2D eigenvalue weighted by atomic mass is 9.81. The van der Waals surface area contributed by atoms with Crippen LogP contribution in [0.15, 0.2) is 12.1 Å². The minimum Gasteiger partial charge on any atom is -0.481 e. The Balaban J connectivity index is 1.57. The summed E-state index contributed by atoms with van der Waals surface area (Å²) in [4.78, 5) is 31.4. The lowest BCUT2D eigenvalue weighted by Crippen LogP contribution is -2.42. The highest BCUT2D eigenvalue weighted by Gasteiger charge is 2.35. The van der Waals surface area contributed by atoms with Gasteiger partial charge in [-0.1, -0.05) is 6.42 Å². The van der Waals surface area contributed by atoms with Crippen molar-refractivity contribution in [3.8, 4) is 6.07 Å². The van der Waals surface area contributed by atoms with E-state index >= 15 is 0 Å². The van der Waals surface area contributed by atoms with Crippen LogP contribution in [0, 0.1) is 29.1 Å². The molecular formula is C28H36N4O4. The van der Waals surface area contributed by atoms with Crippen molar-refractivity contribution in [1.82, 2.24) is 9.55 Å². The number of nitrogens with zero attached hydrogens (tertiary/aromatic N) is 4. The zero-order chi connectivity index (χ0) is 25.4. The van der Waals surface area contributed by atoms with Gasteiger partial charge in [-0.05, 0) is 82.8 Å². The maximum absolute atomic E-state index is 12.6. The Labute approximate surface area is 212 Å². The molecule has 192 valence electrons. The first-order chi connectivity index (χ1) is 17.4. The van der Waals surface area contributed by atoms with E-state index in [-0.39, 0.29) is 30.0 Å². The number of anilines is 1. The van der Waals surface area contributed by atoms with Crippen LogP contribution in [-0.4, -0.2) is 39.9 Å². The van der Waals surface area contributed by atoms with Crippen LogP contribution in [0.2, 0.25) is 0 Å². The maximum Gasteiger partial charge on any atom is 0.414 e. The van der Waals surface area contributed by atoms with Crippen LogP contribution in [-0.2, 0) is 22.4 Å². The summed E-state index contributed by atoms with van der Waals surface area (Å²) in [6, 6.07) is 6.66. The summed E-state index contributed by atoms with van der Waals surface area (Å²) in [5, 5.41) is 19.0. The minimum absolute atomic E-state index is 0.0499. The molecule has 0 radical (unpaired) electrons. The third kappa shape index (κ3) is 4.44. The molecule has 2 aliphatic carbocycles. The van der Waals surface area contributed by atoms with Crippen molar-refractivity contribution >= 4 is 28.8 Å². The van der Waals surface area contributed by atoms with Crippen LogP contribution in [0.1, 0.15) is 82.1 Å². The molecule has 3 atom stereocenters. The van der Waals surface area contributed by atoms with E-state index in [1.807, 2.05) is 13.0 Å². The van der Waals surface area contributed by atoms with E-state index in [4.69, 9.17) is 9.72 Å². The largest absolute Gasteiger partial charge is 0.481 e. The van der Waals surface area contributed by atoms with Gasteiger partial charge in [0.1, 0.15) is 5.82 Å². The summed E-state index contributed by atoms with van der Waals surface area (Å²) in [5.41, 5.74) is 3.93. The minimum atomic E-state index is -0.708. The van der Waals surface area contributed by atoms with E-state index in [0.29, 0.717) is 12.3 Å². The van der Waals surface area contributed by atoms with Crippen molar-refractivity contribution in [2.75, 3.05) is 12.0 Å². The fourth-order valence-corrected chi connectivity index (χ4v) is 6.75. The fraction of sp³-hybridized carbons (Fsp3) is 0.643. The van der Waals surface area contributed by atoms with Crippen LogP contribution in [0.4, 0.5) is 10.5 Å². The molecule has 2 aromatic rings. The second kappa shape index (κ2) is 10.1. The number of benzene rings is 1. The van der Waals surface area contributed by atoms with Gasteiger partial charge in [0.25, 0.3) is 0 Å². The highest BCUT2D eigenvalue weighted by Crippen LogP contribution is 2.41. The zero-order valence-electron chi connectivity index (χ0n) is 21.3. The van der Waals surface area contributed by atoms with Crippen LogP contribution < -0.4 is 4.90 Å². The van der Waals surface area contributed by atoms with E-state index in [9.17, 15) is 20.0 Å². The summed E-state index contributed by atoms with van der Waals surface area (Å²) in [5.74, 6) is 0.631. The molecule has 1 N–H and O–H groups in total. The van der Waals surface area contributed by atoms with Crippen molar-refractivity contribution in [3.63, 3.8) is 0 Å². The quantitative estimate of drug-likeness (QED) is 0.592. The van der Waals surface area contributed by atoms with Crippen molar-refractivity contribution in [2.45, 2.75) is 89.6 Å². The molecule has 2 saturated carbocycles. The molecule has 0 bridgehead atoms. The average molecular weight is 493 g/mol. The molecule has 0 spiro atoms. The molecule has 0 saturated heterocycles. The first-order valence-electron chi connectivity index (χ1n) is 13.4. The Kier molecular flexibility index (Phi) is 6.92. The molecule has 0 unspecified atom stereocenters. The summed E-state index contributed by atoms with van der Waals surface area (Å²) in [6.07, 6.45) is 9.29. The standard InChI is InChI=1S/C28H36N4O4/c1-17-6-11-22-23(31(17)28(35)36-2)12-13-24-26(22)30-25(14-18-7-9-19(16-29)10-8-18)32(24)21-5-3-4-20(15-21)27(33)34/h12-13,17-21H,3-11,14-15H2,1-2H3,(H,33,34)/t17-,18-,19-,20+,21+/m0/s1. The van der Waals surface area contributed by atoms with Gasteiger partial charge in [-0.2, -0.15) is 5.26 Å². The van der Waals surface area contributed by atoms with Gasteiger partial charge in [0, 0.05) is 30.0 Å². The van der Waals surface area contributed by atoms with Crippen molar-refractivity contribution in [1.29, 1.82) is 5.26 Å². The number of hydrogen-bond acceptors (Lipinski definition) is 5. The highest BCUT2D eigenvalue weighted by molar-refractivity contribution is 5.95. The van der Waals surface area contributed by atoms with Crippen LogP contribution >= 0.6 is 0 Å². The summed E-state index contributed by atoms with van der Waals surface area (Å²) >= 11 is 0. The van der Waals surface area contributed by atoms with E-state index in [1.165, 1.54) is 7.11 Å². The van der Waals surface area contributed by atoms with E-state index in [0.717, 1.165) is 92.3 Å². The third-order valence-electron chi connectivity index (χ3n) is 8.76. The van der Waals surface area contributed by atoms with E-state index < -0.39 is 5.97 Å². The van der Waals surface area contributed by atoms with Gasteiger partial charge in [-0.15, -0.1) is 0 Å². The summed E-state index contributed by atoms with van der Waals surface area (Å²) in [6.45, 7) is 2.04. The Hall–Kier alpha value is -3.08. The predicted octanol–water partition coefficient (Wildman–Crippen LogP) is 5.63. The number of imidazole rings is 1. The number of hydrogen-bond donors (Lipinski definition) is 1. The topological polar surface area (TPSA) is 108 Å². The molecule has 2 heterocycles. The molecule has 1 aromatic heterocycles. The number of methoxy groups -OCH3 is 1. The van der Waals surface area contributed by atoms with Gasteiger partial charge in [0.05, 0.1) is 35.8 Å². The van der Waals surface area contributed by atoms with Crippen LogP contribution in [0.5, 0.6) is 0 Å². The first-order valence-corrected chi connectivity index (χ1v) is 13.4. The molecule has 1 aromatic carbocycles. The zero-order valence-corrected chi connectivity index (χ0v) is 21.3. The smallest absolute Gasteiger partial charge is 0.414 e. The molecule has 1 aliphatic heterocycles. The summed E-state index contributed by atoms with van der Waals surface area (Å²) < 4.78 is 7.42. The van der Waals surface area contributed by atoms with Gasteiger partial charge in [-0.3, -0.25) is 9.69 Å². The van der Waals surface area contributed by atoms with Gasteiger partial charge >= 0.3 is 12.1 Å². The number of aryl methyl sites for hydroxylation is 1. The number of aromatic nitrogens is 2. The normalized spacial score (nSPS) is 28.4. The Morgan fingerprint density at radius 2 is 1.94 bits per heavy atom. The van der Waals surface area contributed by atoms with Gasteiger partial charge in [0.2, 0.25) is 0 Å². The van der Waals surface area contributed by atoms with E-state index in [1.54, 1.807) is 4.90 Å². The molecular weight excluding hydrogens is 456 g/mol. The summed E-state index contributed by atoms with van der Waals surface area (Å²) in [7, 11) is 1.41. The Bertz CT molecular complexity index is 1190. The third-order valence-corrected chi connectivity index (χ3v) is 8.76. The average Bonchev–Trinajstić information content (AvgIpc) is 3.26. The number of carboxylic acid groups (broad SMARTS) is 1. The number of carbonyl (C=O) groups excluding carboxylic acids is 1. The molecule has 8 nitrogen and oxygen atoms in total. The SMILES string of the molecule is COC(=O)N1c2ccc3c(nc(C[C@H]4CC[C@H](C#N)CC4)n3[C@@H]3CCC[C@@H](C(=O)O)C3)c2CC[C@@H]1C. The number of carbonyl (C=O) groups is 2. The van der Waals surface area contributed by atoms with Crippen molar-refractivity contribution < 1.29 is 19.4 Å². The monoisotopic (exact) mass is 492 g/mol. The number of amides is 1. The molecule has 8 heteroatoms. The number of nitriles is 1. The number of carboxylic acids is 1. The number of rotatable bonds is 4. The highest BCUT2D eigenvalue weighted by atomic mass is 16.5. The second-order valence-electron chi connectivity index (χ2n) is 11.0. The van der Waals surface area contributed by atoms with E-state index in [2.05, 4.69) is 16.7 Å². The predicted molar refractivity (Wildman–Crippen MR) is 136 cm³/mol. The first kappa shape index (κ1) is 24.6.